The van der Waals surface area contributed by atoms with Gasteiger partial charge in [-0.25, -0.2) is 9.59 Å². The van der Waals surface area contributed by atoms with E-state index in [4.69, 9.17) is 20.4 Å². The summed E-state index contributed by atoms with van der Waals surface area (Å²) < 4.78 is 0. The lowest BCUT2D eigenvalue weighted by Crippen LogP contribution is -2.51. The largest absolute Gasteiger partial charge is 0.481 e. The molecule has 10 heteroatoms. The molecule has 0 fully saturated rings. The summed E-state index contributed by atoms with van der Waals surface area (Å²) in [5.74, 6) is -6.28. The summed E-state index contributed by atoms with van der Waals surface area (Å²) in [6, 6.07) is -3.65. The van der Waals surface area contributed by atoms with Crippen molar-refractivity contribution in [2.45, 2.75) is 24.9 Å². The normalized spacial score (nSPS) is 11.4. The van der Waals surface area contributed by atoms with E-state index in [0.717, 1.165) is 0 Å². The topological polar surface area (TPSA) is 196 Å². The fourth-order valence-corrected chi connectivity index (χ4v) is 0.995. The van der Waals surface area contributed by atoms with E-state index in [1.165, 1.54) is 0 Å². The summed E-state index contributed by atoms with van der Waals surface area (Å²) in [5, 5.41) is 35.8. The summed E-state index contributed by atoms with van der Waals surface area (Å²) in [6.07, 6.45) is -0.933. The Morgan fingerprint density at radius 1 is 0.889 bits per heavy atom. The number of hydrogen-bond acceptors (Lipinski definition) is 6. The molecule has 0 radical (unpaired) electrons. The van der Waals surface area contributed by atoms with Crippen LogP contribution in [0, 0.1) is 0 Å². The molecule has 0 aromatic rings. The van der Waals surface area contributed by atoms with Gasteiger partial charge in [-0.05, 0) is 6.42 Å². The first-order chi connectivity index (χ1) is 7.75. The molecule has 0 unspecified atom stereocenters. The molecule has 0 bridgehead atoms. The number of carboxylic acids is 4. The monoisotopic (exact) mass is 266 g/mol. The van der Waals surface area contributed by atoms with Crippen LogP contribution in [0.4, 0.5) is 0 Å². The van der Waals surface area contributed by atoms with Crippen molar-refractivity contribution in [2.24, 2.45) is 0 Å². The molecule has 0 aliphatic rings. The Balaban J connectivity index is 0. The Kier molecular flexibility index (Phi) is 8.05. The van der Waals surface area contributed by atoms with Crippen LogP contribution >= 0.6 is 0 Å². The van der Waals surface area contributed by atoms with Gasteiger partial charge in [0.1, 0.15) is 6.04 Å². The molecule has 0 saturated carbocycles. The van der Waals surface area contributed by atoms with Crippen LogP contribution in [0.1, 0.15) is 12.8 Å². The van der Waals surface area contributed by atoms with Crippen molar-refractivity contribution in [2.75, 3.05) is 0 Å². The number of nitrogens with one attached hydrogen (secondary N) is 1. The second kappa shape index (κ2) is 7.97. The maximum absolute atomic E-state index is 10.7. The number of carboxylic acid groups (broad SMARTS) is 4. The van der Waals surface area contributed by atoms with E-state index in [9.17, 15) is 19.2 Å². The fourth-order valence-electron chi connectivity index (χ4n) is 0.995. The first kappa shape index (κ1) is 18.2. The minimum absolute atomic E-state index is 0. The summed E-state index contributed by atoms with van der Waals surface area (Å²) in [7, 11) is 0. The van der Waals surface area contributed by atoms with Crippen LogP contribution in [0.5, 0.6) is 0 Å². The van der Waals surface area contributed by atoms with Gasteiger partial charge < -0.3 is 26.6 Å². The summed E-state index contributed by atoms with van der Waals surface area (Å²) in [4.78, 5) is 41.8. The van der Waals surface area contributed by atoms with Crippen LogP contribution in [-0.4, -0.2) is 56.4 Å². The molecule has 0 rings (SSSR count). The molecular weight excluding hydrogens is 252 g/mol. The summed E-state index contributed by atoms with van der Waals surface area (Å²) >= 11 is 0. The third-order valence-electron chi connectivity index (χ3n) is 1.81. The predicted octanol–water partition coefficient (Wildman–Crippen LogP) is -1.41. The smallest absolute Gasteiger partial charge is 0.332 e. The Hall–Kier alpha value is -2.20. The molecule has 0 aromatic carbocycles. The maximum atomic E-state index is 10.7. The third kappa shape index (κ3) is 6.40. The van der Waals surface area contributed by atoms with Gasteiger partial charge in [0.2, 0.25) is 6.04 Å². The molecule has 0 aliphatic heterocycles. The van der Waals surface area contributed by atoms with Gasteiger partial charge in [0.25, 0.3) is 0 Å². The molecular formula is C8H14N2O8. The van der Waals surface area contributed by atoms with Gasteiger partial charge in [-0.1, -0.05) is 0 Å². The Bertz CT molecular complexity index is 328. The van der Waals surface area contributed by atoms with Crippen molar-refractivity contribution in [1.82, 2.24) is 11.5 Å². The summed E-state index contributed by atoms with van der Waals surface area (Å²) in [5.41, 5.74) is 0. The SMILES string of the molecule is N.O=C(O)CC[C@H](NC(C(=O)O)C(=O)O)C(=O)O. The van der Waals surface area contributed by atoms with Gasteiger partial charge in [0.15, 0.2) is 0 Å². The predicted molar refractivity (Wildman–Crippen MR) is 55.5 cm³/mol. The van der Waals surface area contributed by atoms with Crippen molar-refractivity contribution in [3.63, 3.8) is 0 Å². The van der Waals surface area contributed by atoms with Gasteiger partial charge in [0.05, 0.1) is 0 Å². The van der Waals surface area contributed by atoms with Gasteiger partial charge >= 0.3 is 23.9 Å². The van der Waals surface area contributed by atoms with Gasteiger partial charge in [-0.2, -0.15) is 0 Å². The number of aliphatic carboxylic acids is 4. The van der Waals surface area contributed by atoms with Crippen molar-refractivity contribution >= 4 is 23.9 Å². The summed E-state index contributed by atoms with van der Waals surface area (Å²) in [6.45, 7) is 0. The highest BCUT2D eigenvalue weighted by Gasteiger charge is 2.31. The molecule has 10 nitrogen and oxygen atoms in total. The quantitative estimate of drug-likeness (QED) is 0.284. The van der Waals surface area contributed by atoms with Crippen LogP contribution < -0.4 is 11.5 Å². The van der Waals surface area contributed by atoms with E-state index < -0.39 is 48.8 Å². The molecule has 104 valence electrons. The first-order valence-electron chi connectivity index (χ1n) is 4.42. The molecule has 18 heavy (non-hydrogen) atoms. The minimum atomic E-state index is -2.09. The van der Waals surface area contributed by atoms with E-state index in [1.54, 1.807) is 0 Å². The van der Waals surface area contributed by atoms with Crippen molar-refractivity contribution in [3.05, 3.63) is 0 Å². The van der Waals surface area contributed by atoms with Gasteiger partial charge in [-0.3, -0.25) is 14.9 Å². The molecule has 8 N–H and O–H groups in total. The van der Waals surface area contributed by atoms with E-state index in [1.807, 2.05) is 5.32 Å². The second-order valence-corrected chi connectivity index (χ2v) is 3.10. The fraction of sp³-hybridized carbons (Fsp3) is 0.500. The number of carbonyl (C=O) groups is 4. The van der Waals surface area contributed by atoms with Crippen LogP contribution in [0.2, 0.25) is 0 Å². The molecule has 1 atom stereocenters. The van der Waals surface area contributed by atoms with Gasteiger partial charge in [-0.15, -0.1) is 0 Å². The second-order valence-electron chi connectivity index (χ2n) is 3.10. The lowest BCUT2D eigenvalue weighted by atomic mass is 10.1. The van der Waals surface area contributed by atoms with Crippen LogP contribution in [0.25, 0.3) is 0 Å². The van der Waals surface area contributed by atoms with E-state index in [0.29, 0.717) is 0 Å². The van der Waals surface area contributed by atoms with E-state index >= 15 is 0 Å². The van der Waals surface area contributed by atoms with E-state index in [2.05, 4.69) is 0 Å². The maximum Gasteiger partial charge on any atom is 0.332 e. The molecule has 0 aromatic heterocycles. The highest BCUT2D eigenvalue weighted by Crippen LogP contribution is 2.00. The Morgan fingerprint density at radius 2 is 1.33 bits per heavy atom. The lowest BCUT2D eigenvalue weighted by Gasteiger charge is -2.16. The molecule has 0 saturated heterocycles. The zero-order valence-electron chi connectivity index (χ0n) is 9.20. The Labute approximate surface area is 101 Å². The number of hydrogen-bond donors (Lipinski definition) is 6. The number of rotatable bonds is 8. The van der Waals surface area contributed by atoms with Crippen molar-refractivity contribution < 1.29 is 39.6 Å². The zero-order chi connectivity index (χ0) is 13.6. The molecule has 0 amide bonds. The minimum Gasteiger partial charge on any atom is -0.481 e. The highest BCUT2D eigenvalue weighted by atomic mass is 16.4. The zero-order valence-corrected chi connectivity index (χ0v) is 9.20. The molecule has 0 spiro atoms. The van der Waals surface area contributed by atoms with Crippen LogP contribution in [-0.2, 0) is 19.2 Å². The Morgan fingerprint density at radius 3 is 1.61 bits per heavy atom. The molecule has 0 aliphatic carbocycles. The molecule has 0 heterocycles. The third-order valence-corrected chi connectivity index (χ3v) is 1.81. The van der Waals surface area contributed by atoms with Gasteiger partial charge in [0, 0.05) is 6.42 Å². The lowest BCUT2D eigenvalue weighted by molar-refractivity contribution is -0.152. The van der Waals surface area contributed by atoms with Crippen LogP contribution in [0.3, 0.4) is 0 Å². The van der Waals surface area contributed by atoms with E-state index in [-0.39, 0.29) is 6.15 Å². The highest BCUT2D eigenvalue weighted by molar-refractivity contribution is 5.97. The van der Waals surface area contributed by atoms with Crippen LogP contribution in [0.15, 0.2) is 0 Å². The first-order valence-corrected chi connectivity index (χ1v) is 4.42. The average molecular weight is 266 g/mol. The van der Waals surface area contributed by atoms with Crippen molar-refractivity contribution in [1.29, 1.82) is 0 Å². The van der Waals surface area contributed by atoms with Crippen molar-refractivity contribution in [3.8, 4) is 0 Å². The standard InChI is InChI=1S/C8H11NO8.H3N/c10-4(11)2-1-3(6(12)13)9-5(7(14)15)8(16)17;/h3,5,9H,1-2H2,(H,10,11)(H,12,13)(H,14,15)(H,16,17);1H3/t3-;/m0./s1. The average Bonchev–Trinajstić information content (AvgIpc) is 2.15.